The van der Waals surface area contributed by atoms with Gasteiger partial charge in [-0.05, 0) is 24.3 Å². The summed E-state index contributed by atoms with van der Waals surface area (Å²) in [6, 6.07) is 10.2. The molecule has 0 radical (unpaired) electrons. The highest BCUT2D eigenvalue weighted by molar-refractivity contribution is 9.10. The monoisotopic (exact) mass is 351 g/mol. The zero-order chi connectivity index (χ0) is 14.3. The third-order valence-electron chi connectivity index (χ3n) is 3.05. The van der Waals surface area contributed by atoms with Gasteiger partial charge in [0.05, 0.1) is 10.7 Å². The number of anilines is 1. The van der Waals surface area contributed by atoms with Crippen LogP contribution in [0.15, 0.2) is 40.9 Å². The van der Waals surface area contributed by atoms with Gasteiger partial charge in [0.15, 0.2) is 0 Å². The number of benzene rings is 2. The van der Waals surface area contributed by atoms with Crippen LogP contribution in [-0.4, -0.2) is 5.91 Å². The third-order valence-corrected chi connectivity index (χ3v) is 3.83. The first-order valence-corrected chi connectivity index (χ1v) is 7.00. The normalized spacial score (nSPS) is 15.3. The van der Waals surface area contributed by atoms with E-state index in [0.717, 1.165) is 10.0 Å². The molecule has 0 atom stereocenters. The van der Waals surface area contributed by atoms with Crippen molar-refractivity contribution in [1.82, 2.24) is 0 Å². The number of carbonyl (C=O) groups excluding carboxylic acids is 1. The van der Waals surface area contributed by atoms with E-state index in [4.69, 9.17) is 11.6 Å². The molecule has 2 aromatic rings. The Hall–Kier alpha value is -1.65. The number of amides is 1. The SMILES string of the molecule is O=C1Nc2cc(Br)ccc2/C1=C\c1cccc(Cl)c1F. The minimum Gasteiger partial charge on any atom is -0.321 e. The predicted molar refractivity (Wildman–Crippen MR) is 82.1 cm³/mol. The first-order valence-electron chi connectivity index (χ1n) is 5.83. The highest BCUT2D eigenvalue weighted by Crippen LogP contribution is 2.35. The van der Waals surface area contributed by atoms with Gasteiger partial charge < -0.3 is 5.32 Å². The van der Waals surface area contributed by atoms with E-state index in [1.165, 1.54) is 12.1 Å². The van der Waals surface area contributed by atoms with Crippen LogP contribution in [0.4, 0.5) is 10.1 Å². The van der Waals surface area contributed by atoms with Crippen molar-refractivity contribution >= 4 is 50.8 Å². The second-order valence-corrected chi connectivity index (χ2v) is 5.67. The summed E-state index contributed by atoms with van der Waals surface area (Å²) in [4.78, 5) is 12.0. The van der Waals surface area contributed by atoms with Crippen LogP contribution in [0.1, 0.15) is 11.1 Å². The molecule has 0 saturated heterocycles. The van der Waals surface area contributed by atoms with Gasteiger partial charge in [0.25, 0.3) is 5.91 Å². The maximum Gasteiger partial charge on any atom is 0.256 e. The molecule has 100 valence electrons. The molecule has 1 amide bonds. The van der Waals surface area contributed by atoms with Crippen LogP contribution in [0.5, 0.6) is 0 Å². The molecule has 0 spiro atoms. The van der Waals surface area contributed by atoms with Crippen LogP contribution in [0.3, 0.4) is 0 Å². The molecule has 0 unspecified atom stereocenters. The summed E-state index contributed by atoms with van der Waals surface area (Å²) in [5.74, 6) is -0.780. The Morgan fingerprint density at radius 3 is 2.85 bits per heavy atom. The Kier molecular flexibility index (Phi) is 3.36. The average Bonchev–Trinajstić information content (AvgIpc) is 2.70. The Morgan fingerprint density at radius 1 is 1.25 bits per heavy atom. The molecule has 0 aromatic heterocycles. The van der Waals surface area contributed by atoms with Crippen LogP contribution in [-0.2, 0) is 4.79 Å². The smallest absolute Gasteiger partial charge is 0.256 e. The summed E-state index contributed by atoms with van der Waals surface area (Å²) >= 11 is 9.09. The fourth-order valence-electron chi connectivity index (χ4n) is 2.10. The van der Waals surface area contributed by atoms with Crippen LogP contribution in [0, 0.1) is 5.82 Å². The van der Waals surface area contributed by atoms with Gasteiger partial charge in [-0.1, -0.05) is 45.7 Å². The maximum absolute atomic E-state index is 13.9. The number of hydrogen-bond acceptors (Lipinski definition) is 1. The lowest BCUT2D eigenvalue weighted by atomic mass is 10.0. The number of halogens is 3. The molecule has 1 aliphatic rings. The highest BCUT2D eigenvalue weighted by atomic mass is 79.9. The van der Waals surface area contributed by atoms with Crippen LogP contribution >= 0.6 is 27.5 Å². The van der Waals surface area contributed by atoms with E-state index in [0.29, 0.717) is 16.8 Å². The molecule has 0 fully saturated rings. The van der Waals surface area contributed by atoms with E-state index in [9.17, 15) is 9.18 Å². The Bertz CT molecular complexity index is 758. The first kappa shape index (κ1) is 13.3. The Labute approximate surface area is 128 Å². The summed E-state index contributed by atoms with van der Waals surface area (Å²) in [7, 11) is 0. The molecule has 2 nitrogen and oxygen atoms in total. The van der Waals surface area contributed by atoms with Crippen molar-refractivity contribution < 1.29 is 9.18 Å². The minimum absolute atomic E-state index is 0.0359. The van der Waals surface area contributed by atoms with Crippen molar-refractivity contribution in [1.29, 1.82) is 0 Å². The molecule has 0 aliphatic carbocycles. The van der Waals surface area contributed by atoms with Gasteiger partial charge >= 0.3 is 0 Å². The van der Waals surface area contributed by atoms with E-state index in [-0.39, 0.29) is 10.9 Å². The molecular formula is C15H8BrClFNO. The lowest BCUT2D eigenvalue weighted by Gasteiger charge is -2.01. The van der Waals surface area contributed by atoms with Gasteiger partial charge in [-0.15, -0.1) is 0 Å². The van der Waals surface area contributed by atoms with Gasteiger partial charge in [-0.2, -0.15) is 0 Å². The second-order valence-electron chi connectivity index (χ2n) is 4.35. The van der Waals surface area contributed by atoms with Crippen molar-refractivity contribution in [3.8, 4) is 0 Å². The molecule has 1 heterocycles. The van der Waals surface area contributed by atoms with Crippen molar-refractivity contribution in [2.75, 3.05) is 5.32 Å². The minimum atomic E-state index is -0.528. The van der Waals surface area contributed by atoms with Gasteiger partial charge in [0.1, 0.15) is 5.82 Å². The predicted octanol–water partition coefficient (Wildman–Crippen LogP) is 4.73. The number of fused-ring (bicyclic) bond motifs is 1. The van der Waals surface area contributed by atoms with Gasteiger partial charge in [-0.3, -0.25) is 4.79 Å². The first-order chi connectivity index (χ1) is 9.56. The molecule has 5 heteroatoms. The van der Waals surface area contributed by atoms with Crippen molar-refractivity contribution in [2.24, 2.45) is 0 Å². The fourth-order valence-corrected chi connectivity index (χ4v) is 2.64. The van der Waals surface area contributed by atoms with E-state index in [1.54, 1.807) is 12.1 Å². The summed E-state index contributed by atoms with van der Waals surface area (Å²) in [6.07, 6.45) is 1.51. The molecule has 3 rings (SSSR count). The quantitative estimate of drug-likeness (QED) is 0.738. The van der Waals surface area contributed by atoms with Crippen molar-refractivity contribution in [2.45, 2.75) is 0 Å². The standard InChI is InChI=1S/C15H8BrClFNO/c16-9-4-5-10-11(15(20)19-13(10)7-9)6-8-2-1-3-12(17)14(8)18/h1-7H,(H,19,20)/b11-6+. The topological polar surface area (TPSA) is 29.1 Å². The van der Waals surface area contributed by atoms with Crippen LogP contribution in [0.2, 0.25) is 5.02 Å². The fraction of sp³-hybridized carbons (Fsp3) is 0. The van der Waals surface area contributed by atoms with Crippen LogP contribution in [0.25, 0.3) is 11.6 Å². The Morgan fingerprint density at radius 2 is 2.05 bits per heavy atom. The molecular weight excluding hydrogens is 345 g/mol. The van der Waals surface area contributed by atoms with E-state index >= 15 is 0 Å². The summed E-state index contributed by atoms with van der Waals surface area (Å²) in [5, 5.41) is 2.79. The molecule has 1 N–H and O–H groups in total. The van der Waals surface area contributed by atoms with Crippen molar-refractivity contribution in [3.63, 3.8) is 0 Å². The zero-order valence-corrected chi connectivity index (χ0v) is 12.4. The highest BCUT2D eigenvalue weighted by Gasteiger charge is 2.24. The number of rotatable bonds is 1. The molecule has 1 aliphatic heterocycles. The summed E-state index contributed by atoms with van der Waals surface area (Å²) in [5.41, 5.74) is 2.17. The molecule has 2 aromatic carbocycles. The lowest BCUT2D eigenvalue weighted by Crippen LogP contribution is -2.03. The average molecular weight is 353 g/mol. The largest absolute Gasteiger partial charge is 0.321 e. The van der Waals surface area contributed by atoms with Gasteiger partial charge in [-0.25, -0.2) is 4.39 Å². The summed E-state index contributed by atoms with van der Waals surface area (Å²) in [6.45, 7) is 0. The third kappa shape index (κ3) is 2.25. The van der Waals surface area contributed by atoms with Crippen LogP contribution < -0.4 is 5.32 Å². The molecule has 0 saturated carbocycles. The van der Waals surface area contributed by atoms with E-state index < -0.39 is 5.82 Å². The number of hydrogen-bond donors (Lipinski definition) is 1. The Balaban J connectivity index is 2.14. The second kappa shape index (κ2) is 5.04. The van der Waals surface area contributed by atoms with Crippen molar-refractivity contribution in [3.05, 3.63) is 62.8 Å². The van der Waals surface area contributed by atoms with Gasteiger partial charge in [0, 0.05) is 21.2 Å². The van der Waals surface area contributed by atoms with E-state index in [2.05, 4.69) is 21.2 Å². The van der Waals surface area contributed by atoms with E-state index in [1.807, 2.05) is 18.2 Å². The number of carbonyl (C=O) groups is 1. The molecule has 0 bridgehead atoms. The van der Waals surface area contributed by atoms with Gasteiger partial charge in [0.2, 0.25) is 0 Å². The zero-order valence-electron chi connectivity index (χ0n) is 10.1. The molecule has 20 heavy (non-hydrogen) atoms. The lowest BCUT2D eigenvalue weighted by molar-refractivity contribution is -0.110. The maximum atomic E-state index is 13.9. The number of nitrogens with one attached hydrogen (secondary N) is 1. The summed E-state index contributed by atoms with van der Waals surface area (Å²) < 4.78 is 14.8.